The molecule has 1 amide bonds. The zero-order valence-corrected chi connectivity index (χ0v) is 12.7. The standard InChI is InChI=1S/C15H12F2N2O3S/c16-11-7(6-20)5-8-13(12(11)17)22-18-14(8)19-9-3-1-2-4-10(9)23-15(19)21/h5-6,9-10H,1-4H2/t9-,10+/m1/s1. The fourth-order valence-corrected chi connectivity index (χ4v) is 4.65. The number of thioether (sulfide) groups is 1. The van der Waals surface area contributed by atoms with Gasteiger partial charge in [0.25, 0.3) is 5.24 Å². The number of carbonyl (C=O) groups is 2. The van der Waals surface area contributed by atoms with Crippen LogP contribution in [0.15, 0.2) is 10.6 Å². The second-order valence-corrected chi connectivity index (χ2v) is 6.93. The van der Waals surface area contributed by atoms with E-state index in [9.17, 15) is 18.4 Å². The summed E-state index contributed by atoms with van der Waals surface area (Å²) in [7, 11) is 0. The maximum absolute atomic E-state index is 14.0. The Kier molecular flexibility index (Phi) is 3.37. The van der Waals surface area contributed by atoms with Crippen molar-refractivity contribution in [3.05, 3.63) is 23.3 Å². The van der Waals surface area contributed by atoms with E-state index in [0.29, 0.717) is 0 Å². The van der Waals surface area contributed by atoms with Crippen LogP contribution in [0, 0.1) is 11.6 Å². The minimum atomic E-state index is -1.27. The molecule has 1 aliphatic carbocycles. The smallest absolute Gasteiger partial charge is 0.287 e. The summed E-state index contributed by atoms with van der Waals surface area (Å²) < 4.78 is 32.6. The van der Waals surface area contributed by atoms with Gasteiger partial charge in [-0.3, -0.25) is 14.5 Å². The molecular weight excluding hydrogens is 326 g/mol. The molecule has 0 N–H and O–H groups in total. The first-order chi connectivity index (χ1) is 11.1. The summed E-state index contributed by atoms with van der Waals surface area (Å²) in [4.78, 5) is 24.8. The van der Waals surface area contributed by atoms with Gasteiger partial charge in [-0.25, -0.2) is 4.39 Å². The second-order valence-electron chi connectivity index (χ2n) is 5.74. The third-order valence-corrected chi connectivity index (χ3v) is 5.71. The average Bonchev–Trinajstić information content (AvgIpc) is 3.10. The molecule has 0 radical (unpaired) electrons. The molecular formula is C15H12F2N2O3S. The maximum atomic E-state index is 14.0. The first-order valence-electron chi connectivity index (χ1n) is 7.34. The number of aldehydes is 1. The van der Waals surface area contributed by atoms with Gasteiger partial charge >= 0.3 is 0 Å². The van der Waals surface area contributed by atoms with E-state index in [2.05, 4.69) is 5.16 Å². The normalized spacial score (nSPS) is 24.3. The minimum Gasteiger partial charge on any atom is -0.351 e. The fourth-order valence-electron chi connectivity index (χ4n) is 3.36. The Hall–Kier alpha value is -1.96. The van der Waals surface area contributed by atoms with Crippen LogP contribution in [0.3, 0.4) is 0 Å². The summed E-state index contributed by atoms with van der Waals surface area (Å²) in [6.07, 6.45) is 4.09. The van der Waals surface area contributed by atoms with Crippen LogP contribution in [0.5, 0.6) is 0 Å². The number of aromatic nitrogens is 1. The van der Waals surface area contributed by atoms with Crippen molar-refractivity contribution < 1.29 is 22.9 Å². The molecule has 2 aromatic rings. The number of amides is 1. The van der Waals surface area contributed by atoms with Gasteiger partial charge in [0.15, 0.2) is 17.9 Å². The van der Waals surface area contributed by atoms with Gasteiger partial charge in [-0.1, -0.05) is 29.8 Å². The number of nitrogens with zero attached hydrogens (tertiary/aromatic N) is 2. The summed E-state index contributed by atoms with van der Waals surface area (Å²) in [6.45, 7) is 0. The molecule has 120 valence electrons. The van der Waals surface area contributed by atoms with Crippen molar-refractivity contribution in [3.63, 3.8) is 0 Å². The number of hydrogen-bond donors (Lipinski definition) is 0. The van der Waals surface area contributed by atoms with E-state index in [1.165, 1.54) is 22.7 Å². The van der Waals surface area contributed by atoms with E-state index in [-0.39, 0.29) is 39.6 Å². The summed E-state index contributed by atoms with van der Waals surface area (Å²) in [6, 6.07) is 1.16. The number of hydrogen-bond acceptors (Lipinski definition) is 5. The quantitative estimate of drug-likeness (QED) is 0.777. The van der Waals surface area contributed by atoms with E-state index >= 15 is 0 Å². The van der Waals surface area contributed by atoms with E-state index in [1.54, 1.807) is 0 Å². The van der Waals surface area contributed by atoms with Gasteiger partial charge in [0.05, 0.1) is 17.0 Å². The van der Waals surface area contributed by atoms with Gasteiger partial charge in [0.1, 0.15) is 0 Å². The lowest BCUT2D eigenvalue weighted by Gasteiger charge is -2.28. The first-order valence-corrected chi connectivity index (χ1v) is 8.22. The number of fused-ring (bicyclic) bond motifs is 2. The van der Waals surface area contributed by atoms with E-state index in [0.717, 1.165) is 25.7 Å². The third-order valence-electron chi connectivity index (χ3n) is 4.46. The molecule has 2 fully saturated rings. The van der Waals surface area contributed by atoms with Crippen LogP contribution in [0.4, 0.5) is 19.4 Å². The Labute approximate surface area is 134 Å². The third kappa shape index (κ3) is 2.08. The number of rotatable bonds is 2. The van der Waals surface area contributed by atoms with Crippen LogP contribution in [-0.2, 0) is 0 Å². The molecule has 1 saturated heterocycles. The molecule has 5 nitrogen and oxygen atoms in total. The molecule has 2 heterocycles. The van der Waals surface area contributed by atoms with Crippen LogP contribution in [0.2, 0.25) is 0 Å². The molecule has 2 atom stereocenters. The number of anilines is 1. The lowest BCUT2D eigenvalue weighted by molar-refractivity contribution is 0.111. The van der Waals surface area contributed by atoms with Crippen molar-refractivity contribution in [2.75, 3.05) is 4.90 Å². The molecule has 0 bridgehead atoms. The largest absolute Gasteiger partial charge is 0.351 e. The number of benzene rings is 1. The van der Waals surface area contributed by atoms with Gasteiger partial charge in [0.2, 0.25) is 11.4 Å². The molecule has 1 aromatic carbocycles. The van der Waals surface area contributed by atoms with Gasteiger partial charge < -0.3 is 4.52 Å². The van der Waals surface area contributed by atoms with Crippen LogP contribution in [0.25, 0.3) is 11.0 Å². The predicted molar refractivity (Wildman–Crippen MR) is 80.8 cm³/mol. The minimum absolute atomic E-state index is 0.0256. The zero-order chi connectivity index (χ0) is 16.1. The van der Waals surface area contributed by atoms with Gasteiger partial charge in [-0.15, -0.1) is 0 Å². The monoisotopic (exact) mass is 338 g/mol. The molecule has 0 spiro atoms. The van der Waals surface area contributed by atoms with Crippen molar-refractivity contribution in [2.45, 2.75) is 37.0 Å². The highest BCUT2D eigenvalue weighted by atomic mass is 32.2. The molecule has 1 saturated carbocycles. The molecule has 1 aliphatic heterocycles. The van der Waals surface area contributed by atoms with Crippen LogP contribution in [0.1, 0.15) is 36.0 Å². The van der Waals surface area contributed by atoms with E-state index in [4.69, 9.17) is 4.52 Å². The van der Waals surface area contributed by atoms with Crippen LogP contribution in [-0.4, -0.2) is 28.0 Å². The predicted octanol–water partition coefficient (Wildman–Crippen LogP) is 3.90. The summed E-state index contributed by atoms with van der Waals surface area (Å²) in [5.41, 5.74) is -0.792. The first kappa shape index (κ1) is 14.6. The van der Waals surface area contributed by atoms with Crippen LogP contribution >= 0.6 is 11.8 Å². The summed E-state index contributed by atoms with van der Waals surface area (Å²) in [5, 5.41) is 3.94. The Bertz CT molecular complexity index is 823. The maximum Gasteiger partial charge on any atom is 0.287 e. The highest BCUT2D eigenvalue weighted by Crippen LogP contribution is 2.44. The van der Waals surface area contributed by atoms with Gasteiger partial charge in [0, 0.05) is 5.25 Å². The van der Waals surface area contributed by atoms with Crippen molar-refractivity contribution in [1.82, 2.24) is 5.16 Å². The Morgan fingerprint density at radius 2 is 2.09 bits per heavy atom. The second kappa shape index (κ2) is 5.30. The van der Waals surface area contributed by atoms with Crippen molar-refractivity contribution in [3.8, 4) is 0 Å². The molecule has 4 rings (SSSR count). The zero-order valence-electron chi connectivity index (χ0n) is 11.9. The Balaban J connectivity index is 1.87. The SMILES string of the molecule is O=Cc1cc2c(N3C(=O)S[C@H]4CCCC[C@H]43)noc2c(F)c1F. The molecule has 2 aliphatic rings. The highest BCUT2D eigenvalue weighted by molar-refractivity contribution is 8.14. The van der Waals surface area contributed by atoms with Crippen molar-refractivity contribution in [2.24, 2.45) is 0 Å². The van der Waals surface area contributed by atoms with E-state index < -0.39 is 17.2 Å². The Morgan fingerprint density at radius 1 is 1.30 bits per heavy atom. The van der Waals surface area contributed by atoms with Gasteiger partial charge in [-0.2, -0.15) is 4.39 Å². The topological polar surface area (TPSA) is 63.4 Å². The summed E-state index contributed by atoms with van der Waals surface area (Å²) in [5.74, 6) is -2.37. The molecule has 8 heteroatoms. The number of carbonyl (C=O) groups excluding carboxylic acids is 2. The number of halogens is 2. The lowest BCUT2D eigenvalue weighted by atomic mass is 9.94. The summed E-state index contributed by atoms with van der Waals surface area (Å²) >= 11 is 1.25. The lowest BCUT2D eigenvalue weighted by Crippen LogP contribution is -2.38. The Morgan fingerprint density at radius 3 is 2.87 bits per heavy atom. The fraction of sp³-hybridized carbons (Fsp3) is 0.400. The van der Waals surface area contributed by atoms with Crippen LogP contribution < -0.4 is 4.90 Å². The molecule has 23 heavy (non-hydrogen) atoms. The molecule has 0 unspecified atom stereocenters. The van der Waals surface area contributed by atoms with Gasteiger partial charge in [-0.05, 0) is 18.9 Å². The average molecular weight is 338 g/mol. The highest BCUT2D eigenvalue weighted by Gasteiger charge is 2.44. The van der Waals surface area contributed by atoms with Crippen molar-refractivity contribution >= 4 is 40.1 Å². The molecule has 1 aromatic heterocycles. The van der Waals surface area contributed by atoms with E-state index in [1.807, 2.05) is 0 Å². The van der Waals surface area contributed by atoms with Crippen molar-refractivity contribution in [1.29, 1.82) is 0 Å².